The molecule has 6 heteroatoms. The van der Waals surface area contributed by atoms with Crippen molar-refractivity contribution in [3.05, 3.63) is 39.9 Å². The van der Waals surface area contributed by atoms with Crippen molar-refractivity contribution in [2.45, 2.75) is 6.10 Å². The van der Waals surface area contributed by atoms with Crippen LogP contribution in [0.15, 0.2) is 29.4 Å². The summed E-state index contributed by atoms with van der Waals surface area (Å²) in [5.74, 6) is 0.274. The highest BCUT2D eigenvalue weighted by atomic mass is 16.6. The van der Waals surface area contributed by atoms with Crippen LogP contribution >= 0.6 is 0 Å². The van der Waals surface area contributed by atoms with Crippen LogP contribution in [0.2, 0.25) is 0 Å². The van der Waals surface area contributed by atoms with E-state index in [1.54, 1.807) is 12.1 Å². The minimum Gasteiger partial charge on any atom is -0.390 e. The van der Waals surface area contributed by atoms with Crippen LogP contribution in [0, 0.1) is 16.0 Å². The Morgan fingerprint density at radius 1 is 1.39 bits per heavy atom. The van der Waals surface area contributed by atoms with Gasteiger partial charge in [0.1, 0.15) is 6.10 Å². The predicted octanol–water partition coefficient (Wildman–Crippen LogP) is 1.26. The Labute approximate surface area is 104 Å². The third-order valence-electron chi connectivity index (χ3n) is 3.46. The van der Waals surface area contributed by atoms with Gasteiger partial charge in [0.15, 0.2) is 0 Å². The highest BCUT2D eigenvalue weighted by molar-refractivity contribution is 6.03. The van der Waals surface area contributed by atoms with Crippen LogP contribution in [-0.4, -0.2) is 41.8 Å². The second kappa shape index (κ2) is 4.06. The number of hydrogen-bond donors (Lipinski definition) is 0. The van der Waals surface area contributed by atoms with Gasteiger partial charge in [-0.05, 0) is 19.2 Å². The highest BCUT2D eigenvalue weighted by Gasteiger charge is 2.41. The van der Waals surface area contributed by atoms with E-state index in [9.17, 15) is 10.1 Å². The maximum atomic E-state index is 10.6. The molecule has 2 unspecified atom stereocenters. The van der Waals surface area contributed by atoms with Gasteiger partial charge in [-0.25, -0.2) is 0 Å². The number of non-ortho nitro benzene ring substituents is 1. The van der Waals surface area contributed by atoms with E-state index in [-0.39, 0.29) is 17.7 Å². The molecule has 0 spiro atoms. The van der Waals surface area contributed by atoms with E-state index < -0.39 is 4.92 Å². The molecule has 0 N–H and O–H groups in total. The molecule has 0 aromatic heterocycles. The predicted molar refractivity (Wildman–Crippen MR) is 65.5 cm³/mol. The number of likely N-dealkylation sites (N-methyl/N-ethyl adjacent to an activating group) is 1. The lowest BCUT2D eigenvalue weighted by molar-refractivity contribution is -0.384. The zero-order valence-corrected chi connectivity index (χ0v) is 9.94. The van der Waals surface area contributed by atoms with Crippen LogP contribution in [0.4, 0.5) is 5.69 Å². The van der Waals surface area contributed by atoms with Crippen LogP contribution in [-0.2, 0) is 4.84 Å². The number of fused-ring (bicyclic) bond motifs is 1. The quantitative estimate of drug-likeness (QED) is 0.582. The molecule has 2 atom stereocenters. The average Bonchev–Trinajstić information content (AvgIpc) is 2.88. The summed E-state index contributed by atoms with van der Waals surface area (Å²) in [5, 5.41) is 14.7. The molecule has 1 aromatic carbocycles. The van der Waals surface area contributed by atoms with Crippen LogP contribution in [0.3, 0.4) is 0 Å². The molecule has 1 saturated heterocycles. The summed E-state index contributed by atoms with van der Waals surface area (Å²) < 4.78 is 0. The summed E-state index contributed by atoms with van der Waals surface area (Å²) in [7, 11) is 2.05. The van der Waals surface area contributed by atoms with Gasteiger partial charge in [0.05, 0.1) is 16.6 Å². The number of rotatable bonds is 2. The zero-order valence-electron chi connectivity index (χ0n) is 9.94. The Hall–Kier alpha value is -1.95. The molecule has 0 aliphatic carbocycles. The van der Waals surface area contributed by atoms with E-state index >= 15 is 0 Å². The normalized spacial score (nSPS) is 26.6. The molecule has 18 heavy (non-hydrogen) atoms. The Bertz CT molecular complexity index is 512. The number of nitro benzene ring substituents is 1. The van der Waals surface area contributed by atoms with Gasteiger partial charge in [-0.3, -0.25) is 10.1 Å². The largest absolute Gasteiger partial charge is 0.390 e. The first-order valence-corrected chi connectivity index (χ1v) is 5.82. The van der Waals surface area contributed by atoms with Crippen LogP contribution in [0.25, 0.3) is 0 Å². The third kappa shape index (κ3) is 1.74. The Morgan fingerprint density at radius 2 is 2.11 bits per heavy atom. The molecule has 0 amide bonds. The molecule has 94 valence electrons. The van der Waals surface area contributed by atoms with Crippen molar-refractivity contribution < 1.29 is 9.76 Å². The molecule has 0 bridgehead atoms. The summed E-state index contributed by atoms with van der Waals surface area (Å²) in [6.45, 7) is 1.80. The van der Waals surface area contributed by atoms with E-state index in [2.05, 4.69) is 17.1 Å². The fraction of sp³-hybridized carbons (Fsp3) is 0.417. The van der Waals surface area contributed by atoms with Gasteiger partial charge in [-0.2, -0.15) is 0 Å². The first-order valence-electron chi connectivity index (χ1n) is 5.82. The molecule has 2 aliphatic rings. The summed E-state index contributed by atoms with van der Waals surface area (Å²) in [4.78, 5) is 17.8. The standard InChI is InChI=1S/C12H13N3O3/c1-14-6-10-11(7-14)18-13-12(10)8-2-4-9(5-3-8)15(16)17/h2-5,10-11H,6-7H2,1H3. The smallest absolute Gasteiger partial charge is 0.269 e. The Morgan fingerprint density at radius 3 is 2.78 bits per heavy atom. The van der Waals surface area contributed by atoms with Crippen LogP contribution in [0.5, 0.6) is 0 Å². The van der Waals surface area contributed by atoms with E-state index in [1.165, 1.54) is 12.1 Å². The maximum Gasteiger partial charge on any atom is 0.269 e. The average molecular weight is 247 g/mol. The SMILES string of the molecule is CN1CC2ON=C(c3ccc([N+](=O)[O-])cc3)C2C1. The monoisotopic (exact) mass is 247 g/mol. The van der Waals surface area contributed by atoms with Crippen molar-refractivity contribution in [1.82, 2.24) is 4.90 Å². The lowest BCUT2D eigenvalue weighted by Crippen LogP contribution is -2.21. The van der Waals surface area contributed by atoms with Gasteiger partial charge in [0.25, 0.3) is 5.69 Å². The van der Waals surface area contributed by atoms with Gasteiger partial charge >= 0.3 is 0 Å². The second-order valence-electron chi connectivity index (χ2n) is 4.75. The molecule has 3 rings (SSSR count). The molecular weight excluding hydrogens is 234 g/mol. The maximum absolute atomic E-state index is 10.6. The summed E-state index contributed by atoms with van der Waals surface area (Å²) in [6.07, 6.45) is 0.125. The van der Waals surface area contributed by atoms with Crippen molar-refractivity contribution in [3.8, 4) is 0 Å². The number of benzene rings is 1. The molecule has 0 saturated carbocycles. The van der Waals surface area contributed by atoms with E-state index in [0.29, 0.717) is 0 Å². The first kappa shape index (κ1) is 11.2. The van der Waals surface area contributed by atoms with Crippen molar-refractivity contribution in [3.63, 3.8) is 0 Å². The van der Waals surface area contributed by atoms with Crippen molar-refractivity contribution >= 4 is 11.4 Å². The van der Waals surface area contributed by atoms with Crippen molar-refractivity contribution in [2.75, 3.05) is 20.1 Å². The lowest BCUT2D eigenvalue weighted by Gasteiger charge is -2.08. The molecule has 0 radical (unpaired) electrons. The van der Waals surface area contributed by atoms with Gasteiger partial charge in [0.2, 0.25) is 0 Å². The first-order chi connectivity index (χ1) is 8.65. The topological polar surface area (TPSA) is 68.0 Å². The number of nitrogens with zero attached hydrogens (tertiary/aromatic N) is 3. The lowest BCUT2D eigenvalue weighted by atomic mass is 9.95. The third-order valence-corrected chi connectivity index (χ3v) is 3.46. The summed E-state index contributed by atoms with van der Waals surface area (Å²) >= 11 is 0. The fourth-order valence-corrected chi connectivity index (χ4v) is 2.54. The van der Waals surface area contributed by atoms with E-state index in [0.717, 1.165) is 24.4 Å². The molecule has 2 heterocycles. The number of likely N-dealkylation sites (tertiary alicyclic amines) is 1. The Balaban J connectivity index is 1.85. The minimum atomic E-state index is -0.400. The van der Waals surface area contributed by atoms with Crippen molar-refractivity contribution in [1.29, 1.82) is 0 Å². The van der Waals surface area contributed by atoms with Gasteiger partial charge in [-0.1, -0.05) is 5.16 Å². The van der Waals surface area contributed by atoms with Gasteiger partial charge in [-0.15, -0.1) is 0 Å². The molecule has 2 aliphatic heterocycles. The van der Waals surface area contributed by atoms with E-state index in [4.69, 9.17) is 4.84 Å². The van der Waals surface area contributed by atoms with E-state index in [1.807, 2.05) is 0 Å². The van der Waals surface area contributed by atoms with Gasteiger partial charge < -0.3 is 9.74 Å². The number of hydrogen-bond acceptors (Lipinski definition) is 5. The summed E-state index contributed by atoms with van der Waals surface area (Å²) in [5.41, 5.74) is 1.90. The number of oxime groups is 1. The minimum absolute atomic E-state index is 0.0957. The van der Waals surface area contributed by atoms with Crippen LogP contribution in [0.1, 0.15) is 5.56 Å². The van der Waals surface area contributed by atoms with Crippen molar-refractivity contribution in [2.24, 2.45) is 11.1 Å². The van der Waals surface area contributed by atoms with Gasteiger partial charge in [0, 0.05) is 30.8 Å². The zero-order chi connectivity index (χ0) is 12.7. The molecule has 6 nitrogen and oxygen atoms in total. The summed E-state index contributed by atoms with van der Waals surface area (Å²) in [6, 6.07) is 6.48. The second-order valence-corrected chi connectivity index (χ2v) is 4.75. The fourth-order valence-electron chi connectivity index (χ4n) is 2.54. The highest BCUT2D eigenvalue weighted by Crippen LogP contribution is 2.29. The number of nitro groups is 1. The van der Waals surface area contributed by atoms with Crippen LogP contribution < -0.4 is 0 Å². The Kier molecular flexibility index (Phi) is 2.52. The molecule has 1 aromatic rings. The molecular formula is C12H13N3O3. The molecule has 1 fully saturated rings.